The van der Waals surface area contributed by atoms with Gasteiger partial charge < -0.3 is 5.11 Å². The Hall–Kier alpha value is -5.57. The van der Waals surface area contributed by atoms with Crippen LogP contribution in [0.25, 0.3) is 72.7 Å². The van der Waals surface area contributed by atoms with Gasteiger partial charge in [-0.05, 0) is 95.8 Å². The molecule has 0 radical (unpaired) electrons. The Morgan fingerprint density at radius 3 is 2.14 bits per heavy atom. The monoisotopic (exact) mass is 926 g/mol. The van der Waals surface area contributed by atoms with Crippen molar-refractivity contribution in [2.45, 2.75) is 66.7 Å². The Bertz CT molecular complexity index is 2790. The second-order valence-corrected chi connectivity index (χ2v) is 16.3. The van der Waals surface area contributed by atoms with Gasteiger partial charge in [0, 0.05) is 39.9 Å². The van der Waals surface area contributed by atoms with E-state index in [2.05, 4.69) is 129 Å². The Morgan fingerprint density at radius 2 is 1.42 bits per heavy atom. The van der Waals surface area contributed by atoms with E-state index in [1.165, 1.54) is 5.56 Å². The number of aryl methyl sites for hydroxylation is 3. The molecular weight excluding hydrogens is 878 g/mol. The van der Waals surface area contributed by atoms with Crippen LogP contribution >= 0.6 is 0 Å². The molecule has 5 heteroatoms. The number of rotatable bonds is 7. The van der Waals surface area contributed by atoms with E-state index in [0.717, 1.165) is 83.6 Å². The predicted molar refractivity (Wildman–Crippen MR) is 234 cm³/mol. The number of fused-ring (bicyclic) bond motifs is 1. The van der Waals surface area contributed by atoms with E-state index >= 15 is 0 Å². The van der Waals surface area contributed by atoms with Crippen LogP contribution < -0.4 is 0 Å². The molecule has 0 saturated heterocycles. The van der Waals surface area contributed by atoms with Gasteiger partial charge in [-0.15, -0.1) is 29.3 Å². The van der Waals surface area contributed by atoms with Gasteiger partial charge in [0.15, 0.2) is 0 Å². The molecule has 1 N–H and O–H groups in total. The molecule has 0 aliphatic heterocycles. The molecule has 6 aromatic carbocycles. The number of pyridine rings is 1. The first-order chi connectivity index (χ1) is 27.2. The van der Waals surface area contributed by atoms with Gasteiger partial charge in [0.25, 0.3) is 0 Å². The van der Waals surface area contributed by atoms with Crippen LogP contribution in [0.2, 0.25) is 0 Å². The van der Waals surface area contributed by atoms with Crippen LogP contribution in [0.5, 0.6) is 5.75 Å². The first kappa shape index (κ1) is 38.3. The Morgan fingerprint density at radius 1 is 0.684 bits per heavy atom. The van der Waals surface area contributed by atoms with Crippen molar-refractivity contribution in [2.24, 2.45) is 0 Å². The maximum absolute atomic E-state index is 11.7. The van der Waals surface area contributed by atoms with Crippen LogP contribution in [-0.4, -0.2) is 19.6 Å². The molecule has 0 fully saturated rings. The van der Waals surface area contributed by atoms with Crippen molar-refractivity contribution in [1.29, 1.82) is 0 Å². The van der Waals surface area contributed by atoms with E-state index in [4.69, 9.17) is 11.3 Å². The second kappa shape index (κ2) is 15.8. The minimum Gasteiger partial charge on any atom is -0.507 e. The Balaban J connectivity index is 0.00000512. The fourth-order valence-corrected chi connectivity index (χ4v) is 7.55. The van der Waals surface area contributed by atoms with E-state index in [1.807, 2.05) is 70.3 Å². The summed E-state index contributed by atoms with van der Waals surface area (Å²) in [5, 5.41) is 11.7. The number of phenols is 1. The van der Waals surface area contributed by atoms with Gasteiger partial charge in [-0.3, -0.25) is 9.55 Å². The number of aromatic hydroxyl groups is 1. The third kappa shape index (κ3) is 7.76. The third-order valence-electron chi connectivity index (χ3n) is 10.7. The van der Waals surface area contributed by atoms with Crippen molar-refractivity contribution in [3.05, 3.63) is 167 Å². The maximum Gasteiger partial charge on any atom is 0.148 e. The first-order valence-corrected chi connectivity index (χ1v) is 19.3. The van der Waals surface area contributed by atoms with Gasteiger partial charge in [0.1, 0.15) is 11.6 Å². The smallest absolute Gasteiger partial charge is 0.148 e. The van der Waals surface area contributed by atoms with Gasteiger partial charge >= 0.3 is 0 Å². The molecule has 0 aliphatic rings. The molecule has 8 rings (SSSR count). The zero-order valence-corrected chi connectivity index (χ0v) is 36.1. The van der Waals surface area contributed by atoms with Crippen LogP contribution in [0.15, 0.2) is 134 Å². The van der Waals surface area contributed by atoms with Crippen molar-refractivity contribution in [1.82, 2.24) is 14.5 Å². The van der Waals surface area contributed by atoms with E-state index in [9.17, 15) is 5.11 Å². The van der Waals surface area contributed by atoms with Crippen LogP contribution in [0.3, 0.4) is 0 Å². The van der Waals surface area contributed by atoms with Gasteiger partial charge in [-0.2, -0.15) is 0 Å². The topological polar surface area (TPSA) is 50.9 Å². The molecule has 0 spiro atoms. The standard InChI is InChI=1S/C52H48N3O.Pt/c1-32(2)38-21-22-47(44(30-38)37-13-10-9-11-14-37)55-48-16-12-15-43(49(48)54-51(55)45-26-34(4)25-35(5)50(45)56)40-27-41(29-42(28-40)52(6,7)8)46-31-39(23-24-53-46)36-19-17-33(3)18-20-36;/h9-26,28-32,56H,1-8H3;/q-1;/i32D;. The molecule has 2 heterocycles. The van der Waals surface area contributed by atoms with Crippen molar-refractivity contribution >= 4 is 11.0 Å². The number of aromatic nitrogens is 3. The summed E-state index contributed by atoms with van der Waals surface area (Å²) in [6, 6.07) is 47.9. The van der Waals surface area contributed by atoms with E-state index < -0.39 is 5.89 Å². The van der Waals surface area contributed by atoms with Crippen LogP contribution in [-0.2, 0) is 26.5 Å². The minimum absolute atomic E-state index is 0. The van der Waals surface area contributed by atoms with Crippen molar-refractivity contribution < 1.29 is 27.5 Å². The first-order valence-electron chi connectivity index (χ1n) is 19.8. The van der Waals surface area contributed by atoms with Gasteiger partial charge in [0.05, 0.1) is 22.3 Å². The molecule has 0 aliphatic carbocycles. The molecule has 0 saturated carbocycles. The average molecular weight is 927 g/mol. The Kier molecular flexibility index (Phi) is 10.6. The molecule has 4 nitrogen and oxygen atoms in total. The maximum atomic E-state index is 11.7. The zero-order valence-electron chi connectivity index (χ0n) is 34.8. The minimum atomic E-state index is -0.804. The Labute approximate surface area is 353 Å². The zero-order chi connectivity index (χ0) is 40.2. The molecule has 57 heavy (non-hydrogen) atoms. The van der Waals surface area contributed by atoms with Gasteiger partial charge in [0.2, 0.25) is 0 Å². The summed E-state index contributed by atoms with van der Waals surface area (Å²) in [5.74, 6) is 0.0321. The SMILES string of the molecule is [2H]C(C)(C)c1ccc(-n2c(-c3cc(C)cc(C)c3O)nc3c(-c4[c-]c(-c5cc(-c6ccc(C)cc6)ccn5)cc(C(C)(C)C)c4)cccc32)c(-c2ccccc2)c1.[Pt]. The number of benzene rings is 6. The molecular formula is C52H48N3OPt-. The summed E-state index contributed by atoms with van der Waals surface area (Å²) >= 11 is 0. The number of imidazole rings is 1. The summed E-state index contributed by atoms with van der Waals surface area (Å²) in [6.07, 6.45) is 1.88. The summed E-state index contributed by atoms with van der Waals surface area (Å²) < 4.78 is 11.1. The summed E-state index contributed by atoms with van der Waals surface area (Å²) in [4.78, 5) is 10.3. The van der Waals surface area contributed by atoms with E-state index in [-0.39, 0.29) is 32.2 Å². The fourth-order valence-electron chi connectivity index (χ4n) is 7.55. The van der Waals surface area contributed by atoms with Crippen LogP contribution in [0.4, 0.5) is 0 Å². The molecule has 0 bridgehead atoms. The van der Waals surface area contributed by atoms with Gasteiger partial charge in [-0.1, -0.05) is 136 Å². The fraction of sp³-hybridized carbons (Fsp3) is 0.192. The van der Waals surface area contributed by atoms with E-state index in [1.54, 1.807) is 0 Å². The van der Waals surface area contributed by atoms with Crippen LogP contribution in [0.1, 0.15) is 69.7 Å². The predicted octanol–water partition coefficient (Wildman–Crippen LogP) is 13.6. The van der Waals surface area contributed by atoms with Crippen molar-refractivity contribution in [2.75, 3.05) is 0 Å². The second-order valence-electron chi connectivity index (χ2n) is 16.3. The van der Waals surface area contributed by atoms with E-state index in [0.29, 0.717) is 11.4 Å². The largest absolute Gasteiger partial charge is 0.507 e. The van der Waals surface area contributed by atoms with Crippen molar-refractivity contribution in [3.8, 4) is 67.5 Å². The normalized spacial score (nSPS) is 12.0. The number of phenolic OH excluding ortho intramolecular Hbond substituents is 1. The van der Waals surface area contributed by atoms with Crippen molar-refractivity contribution in [3.63, 3.8) is 0 Å². The molecule has 0 unspecified atom stereocenters. The average Bonchev–Trinajstić information content (AvgIpc) is 3.58. The van der Waals surface area contributed by atoms with Gasteiger partial charge in [-0.25, -0.2) is 4.98 Å². The molecule has 2 aromatic heterocycles. The summed E-state index contributed by atoms with van der Waals surface area (Å²) in [6.45, 7) is 16.6. The summed E-state index contributed by atoms with van der Waals surface area (Å²) in [7, 11) is 0. The molecule has 8 aromatic rings. The molecule has 288 valence electrons. The number of nitrogens with zero attached hydrogens (tertiary/aromatic N) is 3. The number of para-hydroxylation sites is 1. The quantitative estimate of drug-likeness (QED) is 0.162. The third-order valence-corrected chi connectivity index (χ3v) is 10.7. The molecule has 0 atom stereocenters. The number of hydrogen-bond donors (Lipinski definition) is 1. The van der Waals surface area contributed by atoms with Crippen LogP contribution in [0, 0.1) is 26.8 Å². The molecule has 0 amide bonds. The summed E-state index contributed by atoms with van der Waals surface area (Å²) in [5.41, 5.74) is 16.1. The number of hydrogen-bond acceptors (Lipinski definition) is 3.